The van der Waals surface area contributed by atoms with Crippen molar-refractivity contribution in [3.8, 4) is 5.75 Å². The SMILES string of the molecule is C[C@H](Oc1ccc(C=Nn2c(=O)[nH]c3ccccc3c2=O)cc1)C(=O)O. The molecule has 2 N–H and O–H groups in total. The zero-order valence-electron chi connectivity index (χ0n) is 13.7. The normalized spacial score (nSPS) is 12.3. The lowest BCUT2D eigenvalue weighted by molar-refractivity contribution is -0.144. The monoisotopic (exact) mass is 353 g/mol. The highest BCUT2D eigenvalue weighted by Gasteiger charge is 2.12. The summed E-state index contributed by atoms with van der Waals surface area (Å²) < 4.78 is 5.97. The second kappa shape index (κ2) is 7.06. The van der Waals surface area contributed by atoms with Crippen LogP contribution in [0.3, 0.4) is 0 Å². The maximum Gasteiger partial charge on any atom is 0.349 e. The van der Waals surface area contributed by atoms with E-state index in [9.17, 15) is 14.4 Å². The number of para-hydroxylation sites is 1. The summed E-state index contributed by atoms with van der Waals surface area (Å²) >= 11 is 0. The van der Waals surface area contributed by atoms with Crippen LogP contribution in [0.15, 0.2) is 63.2 Å². The van der Waals surface area contributed by atoms with Crippen LogP contribution in [0.2, 0.25) is 0 Å². The molecule has 0 unspecified atom stereocenters. The van der Waals surface area contributed by atoms with Gasteiger partial charge in [0.15, 0.2) is 6.10 Å². The summed E-state index contributed by atoms with van der Waals surface area (Å²) in [7, 11) is 0. The number of nitrogens with zero attached hydrogens (tertiary/aromatic N) is 2. The van der Waals surface area contributed by atoms with Crippen LogP contribution in [-0.2, 0) is 4.79 Å². The van der Waals surface area contributed by atoms with Gasteiger partial charge < -0.3 is 14.8 Å². The van der Waals surface area contributed by atoms with Gasteiger partial charge in [-0.15, -0.1) is 4.68 Å². The smallest absolute Gasteiger partial charge is 0.349 e. The van der Waals surface area contributed by atoms with E-state index in [0.29, 0.717) is 22.2 Å². The highest BCUT2D eigenvalue weighted by Crippen LogP contribution is 2.13. The number of carboxylic acid groups (broad SMARTS) is 1. The minimum Gasteiger partial charge on any atom is -0.479 e. The Morgan fingerprint density at radius 3 is 2.58 bits per heavy atom. The number of ether oxygens (including phenoxy) is 1. The number of aliphatic carboxylic acids is 1. The van der Waals surface area contributed by atoms with Crippen LogP contribution in [0.4, 0.5) is 0 Å². The first-order chi connectivity index (χ1) is 12.5. The van der Waals surface area contributed by atoms with Crippen LogP contribution < -0.4 is 16.0 Å². The first-order valence-corrected chi connectivity index (χ1v) is 7.73. The molecule has 1 heterocycles. The lowest BCUT2D eigenvalue weighted by atomic mass is 10.2. The molecule has 0 fully saturated rings. The number of H-pyrrole nitrogens is 1. The van der Waals surface area contributed by atoms with Crippen molar-refractivity contribution in [2.24, 2.45) is 5.10 Å². The molecular formula is C18H15N3O5. The summed E-state index contributed by atoms with van der Waals surface area (Å²) in [5.41, 5.74) is -0.0983. The molecular weight excluding hydrogens is 338 g/mol. The molecule has 26 heavy (non-hydrogen) atoms. The van der Waals surface area contributed by atoms with Gasteiger partial charge in [-0.1, -0.05) is 12.1 Å². The number of benzene rings is 2. The lowest BCUT2D eigenvalue weighted by Crippen LogP contribution is -2.32. The van der Waals surface area contributed by atoms with Crippen molar-refractivity contribution in [3.63, 3.8) is 0 Å². The van der Waals surface area contributed by atoms with Gasteiger partial charge in [0.1, 0.15) is 5.75 Å². The fourth-order valence-electron chi connectivity index (χ4n) is 2.27. The Bertz CT molecular complexity index is 1100. The molecule has 0 saturated carbocycles. The van der Waals surface area contributed by atoms with Crippen LogP contribution in [0.1, 0.15) is 12.5 Å². The molecule has 0 saturated heterocycles. The van der Waals surface area contributed by atoms with Crippen LogP contribution >= 0.6 is 0 Å². The second-order valence-corrected chi connectivity index (χ2v) is 5.50. The predicted octanol–water partition coefficient (Wildman–Crippen LogP) is 1.42. The number of aromatic amines is 1. The van der Waals surface area contributed by atoms with E-state index >= 15 is 0 Å². The third kappa shape index (κ3) is 3.54. The predicted molar refractivity (Wildman–Crippen MR) is 96.0 cm³/mol. The molecule has 1 atom stereocenters. The number of nitrogens with one attached hydrogen (secondary N) is 1. The average molecular weight is 353 g/mol. The van der Waals surface area contributed by atoms with Crippen molar-refractivity contribution in [2.45, 2.75) is 13.0 Å². The Balaban J connectivity index is 1.86. The van der Waals surface area contributed by atoms with Gasteiger partial charge in [-0.05, 0) is 48.9 Å². The molecule has 3 rings (SSSR count). The number of rotatable bonds is 5. The van der Waals surface area contributed by atoms with Gasteiger partial charge in [0.2, 0.25) is 0 Å². The maximum atomic E-state index is 12.4. The Morgan fingerprint density at radius 2 is 1.88 bits per heavy atom. The molecule has 8 heteroatoms. The Morgan fingerprint density at radius 1 is 1.19 bits per heavy atom. The minimum absolute atomic E-state index is 0.357. The molecule has 132 valence electrons. The Hall–Kier alpha value is -3.68. The first kappa shape index (κ1) is 17.2. The molecule has 0 aliphatic heterocycles. The van der Waals surface area contributed by atoms with Crippen LogP contribution in [-0.4, -0.2) is 33.1 Å². The van der Waals surface area contributed by atoms with Crippen LogP contribution in [0, 0.1) is 0 Å². The minimum atomic E-state index is -1.06. The number of fused-ring (bicyclic) bond motifs is 1. The fourth-order valence-corrected chi connectivity index (χ4v) is 2.27. The van der Waals surface area contributed by atoms with Gasteiger partial charge in [0.25, 0.3) is 5.56 Å². The number of carboxylic acids is 1. The van der Waals surface area contributed by atoms with E-state index in [1.165, 1.54) is 13.1 Å². The molecule has 3 aromatic rings. The summed E-state index contributed by atoms with van der Waals surface area (Å²) in [6.07, 6.45) is 0.389. The van der Waals surface area contributed by atoms with Crippen LogP contribution in [0.5, 0.6) is 5.75 Å². The third-order valence-electron chi connectivity index (χ3n) is 3.65. The molecule has 8 nitrogen and oxygen atoms in total. The fraction of sp³-hybridized carbons (Fsp3) is 0.111. The molecule has 0 spiro atoms. The third-order valence-corrected chi connectivity index (χ3v) is 3.65. The molecule has 0 radical (unpaired) electrons. The van der Waals surface area contributed by atoms with Crippen molar-refractivity contribution in [2.75, 3.05) is 0 Å². The molecule has 0 amide bonds. The Labute approximate surface area is 147 Å². The summed E-state index contributed by atoms with van der Waals surface area (Å²) in [6, 6.07) is 13.1. The number of hydrogen-bond acceptors (Lipinski definition) is 5. The van der Waals surface area contributed by atoms with E-state index < -0.39 is 23.3 Å². The van der Waals surface area contributed by atoms with Crippen molar-refractivity contribution >= 4 is 23.1 Å². The number of carbonyl (C=O) groups is 1. The summed E-state index contributed by atoms with van der Waals surface area (Å²) in [4.78, 5) is 37.8. The topological polar surface area (TPSA) is 114 Å². The second-order valence-electron chi connectivity index (χ2n) is 5.50. The van der Waals surface area contributed by atoms with Gasteiger partial charge in [0, 0.05) is 0 Å². The molecule has 2 aromatic carbocycles. The quantitative estimate of drug-likeness (QED) is 0.674. The van der Waals surface area contributed by atoms with E-state index in [4.69, 9.17) is 9.84 Å². The Kier molecular flexibility index (Phi) is 4.66. The lowest BCUT2D eigenvalue weighted by Gasteiger charge is -2.09. The summed E-state index contributed by atoms with van der Waals surface area (Å²) in [5.74, 6) is -0.677. The van der Waals surface area contributed by atoms with Crippen molar-refractivity contribution in [1.29, 1.82) is 0 Å². The molecule has 0 bridgehead atoms. The largest absolute Gasteiger partial charge is 0.479 e. The van der Waals surface area contributed by atoms with E-state index in [2.05, 4.69) is 10.1 Å². The van der Waals surface area contributed by atoms with E-state index in [0.717, 1.165) is 4.68 Å². The van der Waals surface area contributed by atoms with Gasteiger partial charge in [-0.2, -0.15) is 5.10 Å². The van der Waals surface area contributed by atoms with E-state index in [1.54, 1.807) is 48.5 Å². The summed E-state index contributed by atoms with van der Waals surface area (Å²) in [5, 5.41) is 13.1. The van der Waals surface area contributed by atoms with E-state index in [-0.39, 0.29) is 0 Å². The van der Waals surface area contributed by atoms with Crippen molar-refractivity contribution < 1.29 is 14.6 Å². The highest BCUT2D eigenvalue weighted by molar-refractivity contribution is 5.80. The molecule has 0 aliphatic carbocycles. The summed E-state index contributed by atoms with van der Waals surface area (Å²) in [6.45, 7) is 1.43. The van der Waals surface area contributed by atoms with Crippen molar-refractivity contribution in [1.82, 2.24) is 9.66 Å². The van der Waals surface area contributed by atoms with Crippen LogP contribution in [0.25, 0.3) is 10.9 Å². The van der Waals surface area contributed by atoms with E-state index in [1.807, 2.05) is 0 Å². The number of hydrogen-bond donors (Lipinski definition) is 2. The van der Waals surface area contributed by atoms with Gasteiger partial charge in [0.05, 0.1) is 17.1 Å². The molecule has 0 aliphatic rings. The zero-order valence-corrected chi connectivity index (χ0v) is 13.7. The maximum absolute atomic E-state index is 12.4. The molecule has 1 aromatic heterocycles. The van der Waals surface area contributed by atoms with Gasteiger partial charge in [-0.25, -0.2) is 9.59 Å². The highest BCUT2D eigenvalue weighted by atomic mass is 16.5. The standard InChI is InChI=1S/C18H15N3O5/c1-11(17(23)24)26-13-8-6-12(7-9-13)10-19-21-16(22)14-4-2-3-5-15(14)20-18(21)25/h2-11H,1H3,(H,20,25)(H,23,24)/t11-/m0/s1. The number of aromatic nitrogens is 2. The van der Waals surface area contributed by atoms with Crippen molar-refractivity contribution in [3.05, 3.63) is 74.9 Å². The van der Waals surface area contributed by atoms with Gasteiger partial charge >= 0.3 is 11.7 Å². The first-order valence-electron chi connectivity index (χ1n) is 7.73. The zero-order chi connectivity index (χ0) is 18.7. The van der Waals surface area contributed by atoms with Gasteiger partial charge in [-0.3, -0.25) is 4.79 Å². The average Bonchev–Trinajstić information content (AvgIpc) is 2.62.